The highest BCUT2D eigenvalue weighted by Crippen LogP contribution is 2.52. The maximum Gasteiger partial charge on any atom is 0.294 e. The zero-order valence-corrected chi connectivity index (χ0v) is 10.2. The molecule has 2 aliphatic heterocycles. The van der Waals surface area contributed by atoms with Crippen LogP contribution in [0.1, 0.15) is 27.7 Å². The Morgan fingerprint density at radius 1 is 1.12 bits per heavy atom. The van der Waals surface area contributed by atoms with Gasteiger partial charge in [0.1, 0.15) is 5.41 Å². The first-order valence-electron chi connectivity index (χ1n) is 5.20. The first-order valence-corrected chi connectivity index (χ1v) is 5.20. The van der Waals surface area contributed by atoms with Crippen LogP contribution in [-0.4, -0.2) is 29.3 Å². The molecule has 2 amide bonds. The minimum Gasteiger partial charge on any atom is -0.371 e. The molecule has 0 bridgehead atoms. The summed E-state index contributed by atoms with van der Waals surface area (Å²) in [5, 5.41) is 6.87. The van der Waals surface area contributed by atoms with Crippen molar-refractivity contribution in [1.29, 1.82) is 0 Å². The fraction of sp³-hybridized carbons (Fsp3) is 0.636. The highest BCUT2D eigenvalue weighted by atomic mass is 16.2. The number of hydrogen-bond acceptors (Lipinski definition) is 3. The number of carbonyl (C=O) groups excluding carboxylic acids is 2. The number of rotatable bonds is 0. The van der Waals surface area contributed by atoms with Crippen molar-refractivity contribution in [3.8, 4) is 0 Å². The first kappa shape index (κ1) is 11.0. The minimum atomic E-state index is -0.884. The molecule has 5 nitrogen and oxygen atoms in total. The van der Waals surface area contributed by atoms with E-state index in [1.165, 1.54) is 0 Å². The lowest BCUT2D eigenvalue weighted by atomic mass is 9.68. The first-order chi connectivity index (χ1) is 7.24. The molecule has 0 fully saturated rings. The van der Waals surface area contributed by atoms with Crippen molar-refractivity contribution < 1.29 is 9.59 Å². The van der Waals surface area contributed by atoms with Gasteiger partial charge in [-0.1, -0.05) is 0 Å². The molecule has 0 aliphatic carbocycles. The van der Waals surface area contributed by atoms with Crippen LogP contribution in [0, 0.1) is 5.41 Å². The Labute approximate surface area is 94.2 Å². The number of carbonyl (C=O) groups is 2. The molecule has 1 unspecified atom stereocenters. The summed E-state index contributed by atoms with van der Waals surface area (Å²) in [5.74, 6) is -0.729. The summed E-state index contributed by atoms with van der Waals surface area (Å²) in [6.07, 6.45) is 0. The van der Waals surface area contributed by atoms with Crippen LogP contribution in [0.5, 0.6) is 0 Å². The second kappa shape index (κ2) is 2.78. The van der Waals surface area contributed by atoms with Gasteiger partial charge < -0.3 is 4.90 Å². The van der Waals surface area contributed by atoms with E-state index in [0.29, 0.717) is 5.57 Å². The van der Waals surface area contributed by atoms with Gasteiger partial charge in [0, 0.05) is 12.7 Å². The molecule has 5 heteroatoms. The van der Waals surface area contributed by atoms with Crippen molar-refractivity contribution in [1.82, 2.24) is 4.90 Å². The van der Waals surface area contributed by atoms with Crippen LogP contribution < -0.4 is 0 Å². The van der Waals surface area contributed by atoms with Gasteiger partial charge in [0.25, 0.3) is 11.8 Å². The highest BCUT2D eigenvalue weighted by molar-refractivity contribution is 6.08. The summed E-state index contributed by atoms with van der Waals surface area (Å²) in [4.78, 5) is 25.7. The number of hydrogen-bond donors (Lipinski definition) is 0. The lowest BCUT2D eigenvalue weighted by molar-refractivity contribution is -0.134. The van der Waals surface area contributed by atoms with Crippen molar-refractivity contribution >= 4 is 11.8 Å². The van der Waals surface area contributed by atoms with E-state index < -0.39 is 16.9 Å². The lowest BCUT2D eigenvalue weighted by Gasteiger charge is -2.42. The zero-order chi connectivity index (χ0) is 12.3. The third-order valence-corrected chi connectivity index (χ3v) is 4.30. The Hall–Kier alpha value is -1.52. The van der Waals surface area contributed by atoms with E-state index in [-0.39, 0.29) is 5.91 Å². The molecule has 0 N–H and O–H groups in total. The molecule has 0 saturated carbocycles. The standard InChI is InChI=1S/C11H15N3O2/c1-6-7-8(15)12-13-9(16)11(7,4)10(2,3)14(6)5/h1-5H3. The molecule has 0 saturated heterocycles. The van der Waals surface area contributed by atoms with Gasteiger partial charge in [-0.15, -0.1) is 10.2 Å². The Kier molecular flexibility index (Phi) is 1.91. The molecule has 16 heavy (non-hydrogen) atoms. The van der Waals surface area contributed by atoms with Gasteiger partial charge in [0.2, 0.25) is 0 Å². The third kappa shape index (κ3) is 0.911. The second-order valence-electron chi connectivity index (χ2n) is 5.01. The molecule has 0 aromatic heterocycles. The van der Waals surface area contributed by atoms with Crippen LogP contribution in [-0.2, 0) is 9.59 Å². The monoisotopic (exact) mass is 221 g/mol. The predicted octanol–water partition coefficient (Wildman–Crippen LogP) is 1.51. The molecule has 0 aromatic carbocycles. The zero-order valence-electron chi connectivity index (χ0n) is 10.2. The molecule has 86 valence electrons. The van der Waals surface area contributed by atoms with Crippen molar-refractivity contribution in [3.63, 3.8) is 0 Å². The fourth-order valence-corrected chi connectivity index (χ4v) is 2.57. The molecule has 0 radical (unpaired) electrons. The largest absolute Gasteiger partial charge is 0.371 e. The number of amides is 2. The topological polar surface area (TPSA) is 62.1 Å². The number of nitrogens with zero attached hydrogens (tertiary/aromatic N) is 3. The molecule has 0 spiro atoms. The van der Waals surface area contributed by atoms with Crippen molar-refractivity contribution in [2.75, 3.05) is 7.05 Å². The van der Waals surface area contributed by atoms with Crippen molar-refractivity contribution in [3.05, 3.63) is 11.3 Å². The van der Waals surface area contributed by atoms with E-state index in [1.807, 2.05) is 32.7 Å². The lowest BCUT2D eigenvalue weighted by Crippen LogP contribution is -2.53. The van der Waals surface area contributed by atoms with E-state index in [4.69, 9.17) is 0 Å². The number of azo groups is 1. The van der Waals surface area contributed by atoms with Crippen LogP contribution in [0.2, 0.25) is 0 Å². The SMILES string of the molecule is CC1=C2C(=O)N=NC(=O)C2(C)C(C)(C)N1C. The summed E-state index contributed by atoms with van der Waals surface area (Å²) in [7, 11) is 1.88. The molecular weight excluding hydrogens is 206 g/mol. The molecular formula is C11H15N3O2. The quantitative estimate of drug-likeness (QED) is 0.623. The number of fused-ring (bicyclic) bond motifs is 1. The van der Waals surface area contributed by atoms with Gasteiger partial charge in [-0.25, -0.2) is 0 Å². The summed E-state index contributed by atoms with van der Waals surface area (Å²) in [5.41, 5.74) is -0.0481. The summed E-state index contributed by atoms with van der Waals surface area (Å²) in [6, 6.07) is 0. The Morgan fingerprint density at radius 2 is 1.69 bits per heavy atom. The van der Waals surface area contributed by atoms with Crippen LogP contribution in [0.4, 0.5) is 0 Å². The summed E-state index contributed by atoms with van der Waals surface area (Å²) < 4.78 is 0. The molecule has 2 aliphatic rings. The van der Waals surface area contributed by atoms with Crippen LogP contribution in [0.25, 0.3) is 0 Å². The van der Waals surface area contributed by atoms with Gasteiger partial charge in [-0.3, -0.25) is 9.59 Å². The van der Waals surface area contributed by atoms with Crippen LogP contribution in [0.15, 0.2) is 21.5 Å². The van der Waals surface area contributed by atoms with Crippen molar-refractivity contribution in [2.45, 2.75) is 33.2 Å². The van der Waals surface area contributed by atoms with Crippen LogP contribution in [0.3, 0.4) is 0 Å². The predicted molar refractivity (Wildman–Crippen MR) is 57.5 cm³/mol. The second-order valence-corrected chi connectivity index (χ2v) is 5.01. The van der Waals surface area contributed by atoms with Gasteiger partial charge in [-0.05, 0) is 27.7 Å². The minimum absolute atomic E-state index is 0.337. The molecule has 2 rings (SSSR count). The Bertz CT molecular complexity index is 462. The van der Waals surface area contributed by atoms with E-state index in [1.54, 1.807) is 6.92 Å². The maximum absolute atomic E-state index is 12.0. The number of allylic oxidation sites excluding steroid dienone is 1. The van der Waals surface area contributed by atoms with Gasteiger partial charge in [0.05, 0.1) is 11.1 Å². The molecule has 0 aromatic rings. The van der Waals surface area contributed by atoms with Gasteiger partial charge >= 0.3 is 0 Å². The molecule has 2 heterocycles. The van der Waals surface area contributed by atoms with Gasteiger partial charge in [0.15, 0.2) is 0 Å². The normalized spacial score (nSPS) is 32.4. The Morgan fingerprint density at radius 3 is 2.19 bits per heavy atom. The van der Waals surface area contributed by atoms with Crippen LogP contribution >= 0.6 is 0 Å². The Balaban J connectivity index is 2.77. The fourth-order valence-electron chi connectivity index (χ4n) is 2.57. The van der Waals surface area contributed by atoms with Crippen molar-refractivity contribution in [2.24, 2.45) is 15.6 Å². The summed E-state index contributed by atoms with van der Waals surface area (Å²) >= 11 is 0. The highest BCUT2D eigenvalue weighted by Gasteiger charge is 2.61. The van der Waals surface area contributed by atoms with E-state index in [0.717, 1.165) is 5.70 Å². The molecule has 1 atom stereocenters. The smallest absolute Gasteiger partial charge is 0.294 e. The average molecular weight is 221 g/mol. The summed E-state index contributed by atoms with van der Waals surface area (Å²) in [6.45, 7) is 7.49. The maximum atomic E-state index is 12.0. The third-order valence-electron chi connectivity index (χ3n) is 4.30. The average Bonchev–Trinajstić information content (AvgIpc) is 2.34. The van der Waals surface area contributed by atoms with Gasteiger partial charge in [-0.2, -0.15) is 0 Å². The van der Waals surface area contributed by atoms with E-state index >= 15 is 0 Å². The van der Waals surface area contributed by atoms with E-state index in [2.05, 4.69) is 10.2 Å². The van der Waals surface area contributed by atoms with E-state index in [9.17, 15) is 9.59 Å².